The molecule has 6 nitrogen and oxygen atoms in total. The fourth-order valence-corrected chi connectivity index (χ4v) is 3.53. The van der Waals surface area contributed by atoms with Gasteiger partial charge in [0.15, 0.2) is 5.82 Å². The summed E-state index contributed by atoms with van der Waals surface area (Å²) in [5, 5.41) is 4.26. The van der Waals surface area contributed by atoms with Crippen molar-refractivity contribution >= 4 is 17.2 Å². The molecule has 4 heterocycles. The molecule has 21 heavy (non-hydrogen) atoms. The fourth-order valence-electron chi connectivity index (χ4n) is 3.53. The van der Waals surface area contributed by atoms with Gasteiger partial charge in [0.25, 0.3) is 0 Å². The van der Waals surface area contributed by atoms with Crippen LogP contribution in [-0.4, -0.2) is 51.1 Å². The Labute approximate surface area is 123 Å². The Balaban J connectivity index is 1.50. The number of amides is 1. The molecule has 4 rings (SSSR count). The molecule has 2 saturated heterocycles. The lowest BCUT2D eigenvalue weighted by Gasteiger charge is -2.37. The maximum Gasteiger partial charge on any atom is 0.222 e. The van der Waals surface area contributed by atoms with E-state index in [2.05, 4.69) is 19.9 Å². The van der Waals surface area contributed by atoms with Crippen molar-refractivity contribution in [2.24, 2.45) is 0 Å². The molecule has 0 atom stereocenters. The van der Waals surface area contributed by atoms with E-state index in [-0.39, 0.29) is 0 Å². The Morgan fingerprint density at radius 2 is 2.00 bits per heavy atom. The van der Waals surface area contributed by atoms with Crippen LogP contribution < -0.4 is 4.90 Å². The largest absolute Gasteiger partial charge is 0.355 e. The van der Waals surface area contributed by atoms with Crippen LogP contribution in [-0.2, 0) is 4.79 Å². The van der Waals surface area contributed by atoms with E-state index < -0.39 is 0 Å². The molecule has 2 fully saturated rings. The zero-order valence-corrected chi connectivity index (χ0v) is 12.0. The number of aromatic nitrogens is 3. The first-order valence-electron chi connectivity index (χ1n) is 7.66. The highest BCUT2D eigenvalue weighted by atomic mass is 16.2. The second-order valence-electron chi connectivity index (χ2n) is 5.82. The number of carbonyl (C=O) groups is 1. The number of rotatable bonds is 2. The lowest BCUT2D eigenvalue weighted by molar-refractivity contribution is -0.130. The van der Waals surface area contributed by atoms with Crippen LogP contribution in [0.2, 0.25) is 0 Å². The number of fused-ring (bicyclic) bond motifs is 1. The maximum absolute atomic E-state index is 11.9. The molecule has 2 aromatic heterocycles. The van der Waals surface area contributed by atoms with E-state index >= 15 is 0 Å². The molecule has 0 aliphatic carbocycles. The third-order valence-electron chi connectivity index (χ3n) is 4.62. The van der Waals surface area contributed by atoms with E-state index in [1.165, 1.54) is 0 Å². The number of hydrogen-bond donors (Lipinski definition) is 0. The highest BCUT2D eigenvalue weighted by Crippen LogP contribution is 2.26. The van der Waals surface area contributed by atoms with Gasteiger partial charge in [-0.2, -0.15) is 5.10 Å². The number of carbonyl (C=O) groups excluding carboxylic acids is 1. The summed E-state index contributed by atoms with van der Waals surface area (Å²) in [5.41, 5.74) is 1.05. The summed E-state index contributed by atoms with van der Waals surface area (Å²) in [6.07, 6.45) is 9.29. The van der Waals surface area contributed by atoms with Gasteiger partial charge in [-0.1, -0.05) is 0 Å². The standard InChI is InChI=1S/C15H19N5O/c21-14-2-1-8-19(14)12-4-9-18(10-5-12)15-13-3-6-17-20(13)11-7-16-15/h3,6-7,11-12H,1-2,4-5,8-10H2. The molecule has 110 valence electrons. The van der Waals surface area contributed by atoms with Crippen molar-refractivity contribution in [3.8, 4) is 0 Å². The van der Waals surface area contributed by atoms with Crippen LogP contribution in [0.3, 0.4) is 0 Å². The van der Waals surface area contributed by atoms with Crippen LogP contribution in [0.5, 0.6) is 0 Å². The first kappa shape index (κ1) is 12.6. The number of hydrogen-bond acceptors (Lipinski definition) is 4. The molecule has 2 aliphatic heterocycles. The molecule has 2 aliphatic rings. The lowest BCUT2D eigenvalue weighted by atomic mass is 10.0. The topological polar surface area (TPSA) is 53.7 Å². The number of likely N-dealkylation sites (tertiary alicyclic amines) is 1. The number of piperidine rings is 1. The van der Waals surface area contributed by atoms with Crippen molar-refractivity contribution < 1.29 is 4.79 Å². The van der Waals surface area contributed by atoms with Crippen LogP contribution in [0.25, 0.3) is 5.52 Å². The van der Waals surface area contributed by atoms with E-state index in [4.69, 9.17) is 0 Å². The summed E-state index contributed by atoms with van der Waals surface area (Å²) in [4.78, 5) is 20.8. The predicted molar refractivity (Wildman–Crippen MR) is 79.2 cm³/mol. The Morgan fingerprint density at radius 1 is 1.14 bits per heavy atom. The van der Waals surface area contributed by atoms with Crippen molar-refractivity contribution in [1.82, 2.24) is 19.5 Å². The van der Waals surface area contributed by atoms with E-state index in [1.807, 2.05) is 16.8 Å². The van der Waals surface area contributed by atoms with E-state index in [0.29, 0.717) is 11.9 Å². The lowest BCUT2D eigenvalue weighted by Crippen LogP contribution is -2.45. The summed E-state index contributed by atoms with van der Waals surface area (Å²) < 4.78 is 1.86. The minimum absolute atomic E-state index is 0.337. The molecule has 0 radical (unpaired) electrons. The van der Waals surface area contributed by atoms with Crippen molar-refractivity contribution in [3.63, 3.8) is 0 Å². The number of anilines is 1. The minimum Gasteiger partial charge on any atom is -0.355 e. The molecular weight excluding hydrogens is 266 g/mol. The van der Waals surface area contributed by atoms with Gasteiger partial charge in [-0.25, -0.2) is 9.50 Å². The van der Waals surface area contributed by atoms with Crippen LogP contribution in [0.1, 0.15) is 25.7 Å². The van der Waals surface area contributed by atoms with Gasteiger partial charge in [0.05, 0.1) is 6.20 Å². The van der Waals surface area contributed by atoms with Gasteiger partial charge in [-0.15, -0.1) is 0 Å². The molecule has 0 aromatic carbocycles. The van der Waals surface area contributed by atoms with Gasteiger partial charge in [0, 0.05) is 44.5 Å². The second kappa shape index (κ2) is 5.02. The molecular formula is C15H19N5O. The van der Waals surface area contributed by atoms with Crippen LogP contribution in [0, 0.1) is 0 Å². The third kappa shape index (κ3) is 2.14. The highest BCUT2D eigenvalue weighted by molar-refractivity contribution is 5.78. The average Bonchev–Trinajstić information content (AvgIpc) is 3.15. The molecule has 0 unspecified atom stereocenters. The SMILES string of the molecule is O=C1CCCN1C1CCN(c2nccn3nccc23)CC1. The monoisotopic (exact) mass is 285 g/mol. The summed E-state index contributed by atoms with van der Waals surface area (Å²) >= 11 is 0. The van der Waals surface area contributed by atoms with Crippen molar-refractivity contribution in [1.29, 1.82) is 0 Å². The Bertz CT molecular complexity index is 659. The Kier molecular flexibility index (Phi) is 3.02. The van der Waals surface area contributed by atoms with E-state index in [9.17, 15) is 4.79 Å². The smallest absolute Gasteiger partial charge is 0.222 e. The first-order chi connectivity index (χ1) is 10.3. The summed E-state index contributed by atoms with van der Waals surface area (Å²) in [6, 6.07) is 2.42. The molecule has 0 spiro atoms. The van der Waals surface area contributed by atoms with Crippen LogP contribution >= 0.6 is 0 Å². The van der Waals surface area contributed by atoms with Gasteiger partial charge in [0.2, 0.25) is 5.91 Å². The maximum atomic E-state index is 11.9. The highest BCUT2D eigenvalue weighted by Gasteiger charge is 2.31. The molecule has 2 aromatic rings. The normalized spacial score (nSPS) is 20.7. The summed E-state index contributed by atoms with van der Waals surface area (Å²) in [5.74, 6) is 1.34. The van der Waals surface area contributed by atoms with Crippen molar-refractivity contribution in [2.45, 2.75) is 31.7 Å². The Hall–Kier alpha value is -2.11. The molecule has 1 amide bonds. The average molecular weight is 285 g/mol. The third-order valence-corrected chi connectivity index (χ3v) is 4.62. The first-order valence-corrected chi connectivity index (χ1v) is 7.66. The fraction of sp³-hybridized carbons (Fsp3) is 0.533. The van der Waals surface area contributed by atoms with Crippen LogP contribution in [0.15, 0.2) is 24.7 Å². The van der Waals surface area contributed by atoms with Crippen LogP contribution in [0.4, 0.5) is 5.82 Å². The van der Waals surface area contributed by atoms with Gasteiger partial charge in [-0.05, 0) is 25.3 Å². The van der Waals surface area contributed by atoms with E-state index in [1.54, 1.807) is 12.4 Å². The summed E-state index contributed by atoms with van der Waals surface area (Å²) in [7, 11) is 0. The minimum atomic E-state index is 0.337. The van der Waals surface area contributed by atoms with E-state index in [0.717, 1.165) is 56.7 Å². The predicted octanol–water partition coefficient (Wildman–Crippen LogP) is 1.32. The van der Waals surface area contributed by atoms with Crippen molar-refractivity contribution in [2.75, 3.05) is 24.5 Å². The van der Waals surface area contributed by atoms with Gasteiger partial charge < -0.3 is 9.80 Å². The molecule has 0 saturated carbocycles. The van der Waals surface area contributed by atoms with Gasteiger partial charge >= 0.3 is 0 Å². The zero-order chi connectivity index (χ0) is 14.2. The quantitative estimate of drug-likeness (QED) is 0.835. The second-order valence-corrected chi connectivity index (χ2v) is 5.82. The zero-order valence-electron chi connectivity index (χ0n) is 12.0. The molecule has 0 bridgehead atoms. The Morgan fingerprint density at radius 3 is 2.76 bits per heavy atom. The molecule has 0 N–H and O–H groups in total. The molecule has 6 heteroatoms. The number of nitrogens with zero attached hydrogens (tertiary/aromatic N) is 5. The van der Waals surface area contributed by atoms with Crippen molar-refractivity contribution in [3.05, 3.63) is 24.7 Å². The summed E-state index contributed by atoms with van der Waals surface area (Å²) in [6.45, 7) is 2.85. The van der Waals surface area contributed by atoms with Gasteiger partial charge in [-0.3, -0.25) is 4.79 Å². The van der Waals surface area contributed by atoms with Gasteiger partial charge in [0.1, 0.15) is 5.52 Å².